The number of rotatable bonds is 4. The SMILES string of the molecule is C=CCN(C(=O)c1ccccc1)C1C=CCCC1. The van der Waals surface area contributed by atoms with Gasteiger partial charge < -0.3 is 4.90 Å². The molecule has 2 nitrogen and oxygen atoms in total. The molecule has 0 saturated heterocycles. The maximum atomic E-state index is 12.5. The molecule has 94 valence electrons. The summed E-state index contributed by atoms with van der Waals surface area (Å²) in [7, 11) is 0. The van der Waals surface area contributed by atoms with Gasteiger partial charge in [0.15, 0.2) is 0 Å². The molecule has 18 heavy (non-hydrogen) atoms. The van der Waals surface area contributed by atoms with Crippen molar-refractivity contribution < 1.29 is 4.79 Å². The zero-order chi connectivity index (χ0) is 12.8. The molecule has 1 aromatic rings. The van der Waals surface area contributed by atoms with Gasteiger partial charge in [-0.2, -0.15) is 0 Å². The van der Waals surface area contributed by atoms with Crippen LogP contribution >= 0.6 is 0 Å². The highest BCUT2D eigenvalue weighted by Gasteiger charge is 2.22. The van der Waals surface area contributed by atoms with Crippen LogP contribution in [0.15, 0.2) is 55.1 Å². The highest BCUT2D eigenvalue weighted by molar-refractivity contribution is 5.94. The van der Waals surface area contributed by atoms with Gasteiger partial charge in [-0.3, -0.25) is 4.79 Å². The number of carbonyl (C=O) groups is 1. The van der Waals surface area contributed by atoms with Crippen LogP contribution in [-0.2, 0) is 0 Å². The molecule has 0 bridgehead atoms. The van der Waals surface area contributed by atoms with Crippen LogP contribution < -0.4 is 0 Å². The standard InChI is InChI=1S/C16H19NO/c1-2-13-17(15-11-7-4-8-12-15)16(18)14-9-5-3-6-10-14/h2-3,5-7,9-11,15H,1,4,8,12-13H2. The third-order valence-electron chi connectivity index (χ3n) is 3.24. The fourth-order valence-electron chi connectivity index (χ4n) is 2.31. The summed E-state index contributed by atoms with van der Waals surface area (Å²) in [6, 6.07) is 9.67. The van der Waals surface area contributed by atoms with Gasteiger partial charge >= 0.3 is 0 Å². The molecule has 2 rings (SSSR count). The second-order valence-corrected chi connectivity index (χ2v) is 4.54. The highest BCUT2D eigenvalue weighted by atomic mass is 16.2. The molecule has 1 atom stereocenters. The molecule has 0 aromatic heterocycles. The third-order valence-corrected chi connectivity index (χ3v) is 3.24. The molecule has 0 N–H and O–H groups in total. The zero-order valence-electron chi connectivity index (χ0n) is 10.6. The van der Waals surface area contributed by atoms with Crippen LogP contribution in [0.1, 0.15) is 29.6 Å². The van der Waals surface area contributed by atoms with Gasteiger partial charge in [0.05, 0.1) is 6.04 Å². The lowest BCUT2D eigenvalue weighted by Gasteiger charge is -2.30. The van der Waals surface area contributed by atoms with E-state index in [0.29, 0.717) is 6.54 Å². The number of benzene rings is 1. The fraction of sp³-hybridized carbons (Fsp3) is 0.312. The van der Waals surface area contributed by atoms with Crippen LogP contribution in [0, 0.1) is 0 Å². The molecule has 0 heterocycles. The summed E-state index contributed by atoms with van der Waals surface area (Å²) in [6.07, 6.45) is 9.43. The first-order valence-electron chi connectivity index (χ1n) is 6.46. The number of hydrogen-bond acceptors (Lipinski definition) is 1. The minimum atomic E-state index is 0.0899. The van der Waals surface area contributed by atoms with E-state index in [-0.39, 0.29) is 11.9 Å². The predicted octanol–water partition coefficient (Wildman–Crippen LogP) is 3.42. The van der Waals surface area contributed by atoms with E-state index in [1.807, 2.05) is 35.2 Å². The maximum Gasteiger partial charge on any atom is 0.254 e. The first-order chi connectivity index (χ1) is 8.83. The van der Waals surface area contributed by atoms with Gasteiger partial charge in [0.25, 0.3) is 5.91 Å². The molecule has 0 aliphatic heterocycles. The molecule has 0 fully saturated rings. The molecule has 1 aromatic carbocycles. The van der Waals surface area contributed by atoms with Crippen LogP contribution in [0.2, 0.25) is 0 Å². The Bertz CT molecular complexity index is 436. The summed E-state index contributed by atoms with van der Waals surface area (Å²) in [4.78, 5) is 14.4. The first-order valence-corrected chi connectivity index (χ1v) is 6.46. The van der Waals surface area contributed by atoms with E-state index in [2.05, 4.69) is 18.7 Å². The van der Waals surface area contributed by atoms with Crippen molar-refractivity contribution in [3.63, 3.8) is 0 Å². The Morgan fingerprint density at radius 1 is 1.39 bits per heavy atom. The second kappa shape index (κ2) is 6.20. The van der Waals surface area contributed by atoms with Crippen molar-refractivity contribution in [3.05, 3.63) is 60.7 Å². The molecular weight excluding hydrogens is 222 g/mol. The van der Waals surface area contributed by atoms with Crippen molar-refractivity contribution in [3.8, 4) is 0 Å². The van der Waals surface area contributed by atoms with Gasteiger partial charge in [-0.25, -0.2) is 0 Å². The molecule has 1 aliphatic rings. The maximum absolute atomic E-state index is 12.5. The van der Waals surface area contributed by atoms with Crippen molar-refractivity contribution in [2.75, 3.05) is 6.54 Å². The number of hydrogen-bond donors (Lipinski definition) is 0. The van der Waals surface area contributed by atoms with Gasteiger partial charge in [0.2, 0.25) is 0 Å². The molecule has 2 heteroatoms. The zero-order valence-corrected chi connectivity index (χ0v) is 10.6. The van der Waals surface area contributed by atoms with Crippen LogP contribution in [0.3, 0.4) is 0 Å². The lowest BCUT2D eigenvalue weighted by atomic mass is 10.0. The van der Waals surface area contributed by atoms with E-state index < -0.39 is 0 Å². The van der Waals surface area contributed by atoms with E-state index in [0.717, 1.165) is 24.8 Å². The van der Waals surface area contributed by atoms with E-state index >= 15 is 0 Å². The second-order valence-electron chi connectivity index (χ2n) is 4.54. The molecular formula is C16H19NO. The van der Waals surface area contributed by atoms with Crippen molar-refractivity contribution in [1.29, 1.82) is 0 Å². The summed E-state index contributed by atoms with van der Waals surface area (Å²) >= 11 is 0. The lowest BCUT2D eigenvalue weighted by molar-refractivity contribution is 0.0725. The normalized spacial score (nSPS) is 18.3. The minimum Gasteiger partial charge on any atom is -0.329 e. The summed E-state index contributed by atoms with van der Waals surface area (Å²) in [5, 5.41) is 0. The largest absolute Gasteiger partial charge is 0.329 e. The molecule has 1 amide bonds. The Labute approximate surface area is 109 Å². The molecule has 0 radical (unpaired) electrons. The number of amides is 1. The lowest BCUT2D eigenvalue weighted by Crippen LogP contribution is -2.40. The average Bonchev–Trinajstić information content (AvgIpc) is 2.46. The molecule has 0 saturated carbocycles. The van der Waals surface area contributed by atoms with Gasteiger partial charge in [0.1, 0.15) is 0 Å². The fourth-order valence-corrected chi connectivity index (χ4v) is 2.31. The van der Waals surface area contributed by atoms with E-state index in [4.69, 9.17) is 0 Å². The Morgan fingerprint density at radius 2 is 2.17 bits per heavy atom. The Balaban J connectivity index is 2.19. The first kappa shape index (κ1) is 12.6. The van der Waals surface area contributed by atoms with Gasteiger partial charge in [0, 0.05) is 12.1 Å². The third kappa shape index (κ3) is 2.89. The van der Waals surface area contributed by atoms with Crippen molar-refractivity contribution >= 4 is 5.91 Å². The van der Waals surface area contributed by atoms with Crippen LogP contribution in [0.25, 0.3) is 0 Å². The summed E-state index contributed by atoms with van der Waals surface area (Å²) < 4.78 is 0. The van der Waals surface area contributed by atoms with Crippen molar-refractivity contribution in [1.82, 2.24) is 4.90 Å². The quantitative estimate of drug-likeness (QED) is 0.740. The van der Waals surface area contributed by atoms with Gasteiger partial charge in [-0.05, 0) is 31.4 Å². The summed E-state index contributed by atoms with van der Waals surface area (Å²) in [5.41, 5.74) is 0.748. The van der Waals surface area contributed by atoms with Crippen LogP contribution in [-0.4, -0.2) is 23.4 Å². The topological polar surface area (TPSA) is 20.3 Å². The highest BCUT2D eigenvalue weighted by Crippen LogP contribution is 2.18. The van der Waals surface area contributed by atoms with Crippen LogP contribution in [0.4, 0.5) is 0 Å². The Hall–Kier alpha value is -1.83. The van der Waals surface area contributed by atoms with E-state index in [1.165, 1.54) is 0 Å². The predicted molar refractivity (Wildman–Crippen MR) is 74.5 cm³/mol. The van der Waals surface area contributed by atoms with Crippen molar-refractivity contribution in [2.24, 2.45) is 0 Å². The van der Waals surface area contributed by atoms with Crippen LogP contribution in [0.5, 0.6) is 0 Å². The Kier molecular flexibility index (Phi) is 4.35. The summed E-state index contributed by atoms with van der Waals surface area (Å²) in [5.74, 6) is 0.0899. The number of allylic oxidation sites excluding steroid dienone is 1. The number of nitrogens with zero attached hydrogens (tertiary/aromatic N) is 1. The van der Waals surface area contributed by atoms with Crippen molar-refractivity contribution in [2.45, 2.75) is 25.3 Å². The Morgan fingerprint density at radius 3 is 2.78 bits per heavy atom. The van der Waals surface area contributed by atoms with E-state index in [9.17, 15) is 4.79 Å². The minimum absolute atomic E-state index is 0.0899. The van der Waals surface area contributed by atoms with E-state index in [1.54, 1.807) is 6.08 Å². The van der Waals surface area contributed by atoms with Gasteiger partial charge in [-0.15, -0.1) is 6.58 Å². The van der Waals surface area contributed by atoms with Gasteiger partial charge in [-0.1, -0.05) is 36.4 Å². The molecule has 1 unspecified atom stereocenters. The number of carbonyl (C=O) groups excluding carboxylic acids is 1. The molecule has 1 aliphatic carbocycles. The smallest absolute Gasteiger partial charge is 0.254 e. The monoisotopic (exact) mass is 241 g/mol. The summed E-state index contributed by atoms with van der Waals surface area (Å²) in [6.45, 7) is 4.35. The molecule has 0 spiro atoms. The average molecular weight is 241 g/mol.